The SMILES string of the molecule is O=C(Cc1coc2ccc3ccccc3c12)NCc1ccccc1C[NH+]1CCOCC1. The predicted octanol–water partition coefficient (Wildman–Crippen LogP) is 2.86. The van der Waals surface area contributed by atoms with E-state index >= 15 is 0 Å². The van der Waals surface area contributed by atoms with Crippen LogP contribution in [0.2, 0.25) is 0 Å². The van der Waals surface area contributed by atoms with Crippen molar-refractivity contribution in [1.29, 1.82) is 0 Å². The predicted molar refractivity (Wildman–Crippen MR) is 121 cm³/mol. The van der Waals surface area contributed by atoms with Crippen LogP contribution < -0.4 is 10.2 Å². The normalized spacial score (nSPS) is 14.8. The molecule has 158 valence electrons. The number of ether oxygens (including phenoxy) is 1. The van der Waals surface area contributed by atoms with Crippen molar-refractivity contribution in [3.8, 4) is 0 Å². The number of carbonyl (C=O) groups is 1. The van der Waals surface area contributed by atoms with Crippen LogP contribution >= 0.6 is 0 Å². The number of fused-ring (bicyclic) bond motifs is 3. The van der Waals surface area contributed by atoms with Crippen LogP contribution in [-0.4, -0.2) is 32.2 Å². The fraction of sp³-hybridized carbons (Fsp3) is 0.269. The molecule has 2 heterocycles. The number of hydrogen-bond donors (Lipinski definition) is 2. The second-order valence-electron chi connectivity index (χ2n) is 8.18. The lowest BCUT2D eigenvalue weighted by Crippen LogP contribution is -3.12. The first-order chi connectivity index (χ1) is 15.3. The summed E-state index contributed by atoms with van der Waals surface area (Å²) >= 11 is 0. The number of benzene rings is 3. The van der Waals surface area contributed by atoms with Gasteiger partial charge in [0.05, 0.1) is 25.9 Å². The lowest BCUT2D eigenvalue weighted by atomic mass is 10.0. The third-order valence-corrected chi connectivity index (χ3v) is 6.13. The molecular weight excluding hydrogens is 388 g/mol. The standard InChI is InChI=1S/C26H26N2O3/c29-25(15-22-18-31-24-10-9-19-5-3-4-8-23(19)26(22)24)27-16-20-6-1-2-7-21(20)17-28-11-13-30-14-12-28/h1-10,18H,11-17H2,(H,27,29)/p+1. The molecule has 5 nitrogen and oxygen atoms in total. The van der Waals surface area contributed by atoms with Crippen molar-refractivity contribution in [2.45, 2.75) is 19.5 Å². The van der Waals surface area contributed by atoms with Crippen LogP contribution in [-0.2, 0) is 29.0 Å². The van der Waals surface area contributed by atoms with Crippen molar-refractivity contribution in [2.24, 2.45) is 0 Å². The van der Waals surface area contributed by atoms with Crippen LogP contribution in [0.4, 0.5) is 0 Å². The summed E-state index contributed by atoms with van der Waals surface area (Å²) in [7, 11) is 0. The maximum Gasteiger partial charge on any atom is 0.224 e. The van der Waals surface area contributed by atoms with Gasteiger partial charge in [-0.3, -0.25) is 4.79 Å². The van der Waals surface area contributed by atoms with E-state index in [1.807, 2.05) is 24.3 Å². The number of nitrogens with one attached hydrogen (secondary N) is 2. The minimum Gasteiger partial charge on any atom is -0.464 e. The van der Waals surface area contributed by atoms with Crippen LogP contribution in [0.25, 0.3) is 21.7 Å². The van der Waals surface area contributed by atoms with Crippen molar-refractivity contribution in [2.75, 3.05) is 26.3 Å². The van der Waals surface area contributed by atoms with Gasteiger partial charge in [-0.2, -0.15) is 0 Å². The number of carbonyl (C=O) groups excluding carboxylic acids is 1. The van der Waals surface area contributed by atoms with E-state index in [0.29, 0.717) is 13.0 Å². The van der Waals surface area contributed by atoms with Gasteiger partial charge in [0.25, 0.3) is 0 Å². The van der Waals surface area contributed by atoms with Crippen LogP contribution in [0.15, 0.2) is 71.3 Å². The Bertz CT molecular complexity index is 1210. The maximum absolute atomic E-state index is 12.8. The molecule has 0 spiro atoms. The molecule has 1 aromatic heterocycles. The minimum absolute atomic E-state index is 0.00385. The first-order valence-corrected chi connectivity index (χ1v) is 10.9. The molecule has 5 heteroatoms. The molecule has 0 radical (unpaired) electrons. The summed E-state index contributed by atoms with van der Waals surface area (Å²) in [5.74, 6) is 0.00385. The van der Waals surface area contributed by atoms with Crippen molar-refractivity contribution >= 4 is 27.6 Å². The smallest absolute Gasteiger partial charge is 0.224 e. The summed E-state index contributed by atoms with van der Waals surface area (Å²) in [5.41, 5.74) is 4.22. The van der Waals surface area contributed by atoms with Gasteiger partial charge in [-0.1, -0.05) is 54.6 Å². The molecule has 0 saturated carbocycles. The molecule has 1 aliphatic heterocycles. The third kappa shape index (κ3) is 4.33. The number of rotatable bonds is 6. The quantitative estimate of drug-likeness (QED) is 0.509. The fourth-order valence-corrected chi connectivity index (χ4v) is 4.44. The summed E-state index contributed by atoms with van der Waals surface area (Å²) in [6.07, 6.45) is 2.02. The molecule has 0 atom stereocenters. The van der Waals surface area contributed by atoms with Crippen LogP contribution in [0, 0.1) is 0 Å². The van der Waals surface area contributed by atoms with Gasteiger partial charge >= 0.3 is 0 Å². The van der Waals surface area contributed by atoms with E-state index in [2.05, 4.69) is 41.7 Å². The molecule has 3 aromatic carbocycles. The van der Waals surface area contributed by atoms with Crippen LogP contribution in [0.1, 0.15) is 16.7 Å². The summed E-state index contributed by atoms with van der Waals surface area (Å²) in [4.78, 5) is 14.3. The largest absolute Gasteiger partial charge is 0.464 e. The number of hydrogen-bond acceptors (Lipinski definition) is 3. The van der Waals surface area contributed by atoms with E-state index in [4.69, 9.17) is 9.15 Å². The molecule has 1 amide bonds. The molecule has 4 aromatic rings. The fourth-order valence-electron chi connectivity index (χ4n) is 4.44. The Balaban J connectivity index is 1.28. The molecule has 31 heavy (non-hydrogen) atoms. The summed E-state index contributed by atoms with van der Waals surface area (Å²) in [6.45, 7) is 5.21. The lowest BCUT2D eigenvalue weighted by molar-refractivity contribution is -0.921. The van der Waals surface area contributed by atoms with Gasteiger partial charge in [0.15, 0.2) is 0 Å². The Morgan fingerprint density at radius 1 is 0.903 bits per heavy atom. The van der Waals surface area contributed by atoms with Gasteiger partial charge < -0.3 is 19.4 Å². The number of quaternary nitrogens is 1. The lowest BCUT2D eigenvalue weighted by Gasteiger charge is -2.24. The van der Waals surface area contributed by atoms with Gasteiger partial charge in [-0.05, 0) is 22.4 Å². The van der Waals surface area contributed by atoms with E-state index in [9.17, 15) is 4.79 Å². The van der Waals surface area contributed by atoms with Gasteiger partial charge in [-0.25, -0.2) is 0 Å². The molecule has 1 aliphatic rings. The Morgan fingerprint density at radius 3 is 2.55 bits per heavy atom. The summed E-state index contributed by atoms with van der Waals surface area (Å²) < 4.78 is 11.2. The number of morpholine rings is 1. The molecule has 5 rings (SSSR count). The Kier molecular flexibility index (Phi) is 5.69. The van der Waals surface area contributed by atoms with E-state index in [-0.39, 0.29) is 5.91 Å². The Hall–Kier alpha value is -3.15. The zero-order chi connectivity index (χ0) is 21.0. The Morgan fingerprint density at radius 2 is 1.68 bits per heavy atom. The maximum atomic E-state index is 12.8. The van der Waals surface area contributed by atoms with E-state index in [1.54, 1.807) is 6.26 Å². The molecule has 1 fully saturated rings. The molecule has 0 aliphatic carbocycles. The van der Waals surface area contributed by atoms with Crippen molar-refractivity contribution in [1.82, 2.24) is 5.32 Å². The van der Waals surface area contributed by atoms with Crippen molar-refractivity contribution in [3.63, 3.8) is 0 Å². The monoisotopic (exact) mass is 415 g/mol. The third-order valence-electron chi connectivity index (χ3n) is 6.13. The van der Waals surface area contributed by atoms with Gasteiger partial charge in [-0.15, -0.1) is 0 Å². The molecular formula is C26H27N2O3+. The number of furan rings is 1. The average molecular weight is 416 g/mol. The summed E-state index contributed by atoms with van der Waals surface area (Å²) in [5, 5.41) is 6.42. The average Bonchev–Trinajstić information content (AvgIpc) is 3.22. The number of amides is 1. The van der Waals surface area contributed by atoms with Gasteiger partial charge in [0, 0.05) is 23.1 Å². The minimum atomic E-state index is 0.00385. The topological polar surface area (TPSA) is 55.9 Å². The highest BCUT2D eigenvalue weighted by Crippen LogP contribution is 2.30. The zero-order valence-corrected chi connectivity index (χ0v) is 17.5. The Labute approximate surface area is 181 Å². The van der Waals surface area contributed by atoms with E-state index in [1.165, 1.54) is 16.0 Å². The molecule has 0 bridgehead atoms. The first kappa shape index (κ1) is 19.8. The van der Waals surface area contributed by atoms with E-state index < -0.39 is 0 Å². The second kappa shape index (κ2) is 8.92. The van der Waals surface area contributed by atoms with Crippen molar-refractivity contribution < 1.29 is 18.8 Å². The van der Waals surface area contributed by atoms with Crippen LogP contribution in [0.5, 0.6) is 0 Å². The van der Waals surface area contributed by atoms with Gasteiger partial charge in [0.2, 0.25) is 5.91 Å². The molecule has 0 unspecified atom stereocenters. The van der Waals surface area contributed by atoms with Crippen LogP contribution in [0.3, 0.4) is 0 Å². The highest BCUT2D eigenvalue weighted by atomic mass is 16.5. The highest BCUT2D eigenvalue weighted by Gasteiger charge is 2.17. The first-order valence-electron chi connectivity index (χ1n) is 10.9. The molecule has 2 N–H and O–H groups in total. The zero-order valence-electron chi connectivity index (χ0n) is 17.5. The van der Waals surface area contributed by atoms with Crippen molar-refractivity contribution in [3.05, 3.63) is 83.6 Å². The van der Waals surface area contributed by atoms with Gasteiger partial charge in [0.1, 0.15) is 25.2 Å². The van der Waals surface area contributed by atoms with E-state index in [0.717, 1.165) is 60.2 Å². The highest BCUT2D eigenvalue weighted by molar-refractivity contribution is 6.08. The summed E-state index contributed by atoms with van der Waals surface area (Å²) in [6, 6.07) is 20.6. The molecule has 1 saturated heterocycles. The second-order valence-corrected chi connectivity index (χ2v) is 8.18.